The number of non-ortho nitro benzene ring substituents is 1. The van der Waals surface area contributed by atoms with E-state index in [1.165, 1.54) is 18.2 Å². The zero-order valence-electron chi connectivity index (χ0n) is 15.8. The van der Waals surface area contributed by atoms with Gasteiger partial charge in [-0.15, -0.1) is 5.73 Å². The van der Waals surface area contributed by atoms with Gasteiger partial charge in [-0.3, -0.25) is 10.1 Å². The first-order valence-corrected chi connectivity index (χ1v) is 9.23. The summed E-state index contributed by atoms with van der Waals surface area (Å²) in [5.41, 5.74) is 5.31. The van der Waals surface area contributed by atoms with Crippen molar-refractivity contribution in [2.45, 2.75) is 44.8 Å². The molecule has 3 N–H and O–H groups in total. The van der Waals surface area contributed by atoms with Crippen LogP contribution in [0.25, 0.3) is 0 Å². The van der Waals surface area contributed by atoms with E-state index in [0.717, 1.165) is 18.4 Å². The largest absolute Gasteiger partial charge is 0.508 e. The molecule has 0 saturated heterocycles. The van der Waals surface area contributed by atoms with Crippen molar-refractivity contribution in [3.63, 3.8) is 0 Å². The Kier molecular flexibility index (Phi) is 7.96. The van der Waals surface area contributed by atoms with Crippen LogP contribution < -0.4 is 0 Å². The Bertz CT molecular complexity index is 853. The minimum Gasteiger partial charge on any atom is -0.508 e. The van der Waals surface area contributed by atoms with Gasteiger partial charge in [-0.25, -0.2) is 0 Å². The van der Waals surface area contributed by atoms with Crippen LogP contribution in [0.4, 0.5) is 5.69 Å². The van der Waals surface area contributed by atoms with Gasteiger partial charge in [-0.2, -0.15) is 0 Å². The summed E-state index contributed by atoms with van der Waals surface area (Å²) in [4.78, 5) is 10.3. The maximum Gasteiger partial charge on any atom is 0.269 e. The van der Waals surface area contributed by atoms with Crippen LogP contribution in [-0.2, 0) is 0 Å². The van der Waals surface area contributed by atoms with Gasteiger partial charge in [0.2, 0.25) is 0 Å². The summed E-state index contributed by atoms with van der Waals surface area (Å²) in [5, 5.41) is 40.9. The van der Waals surface area contributed by atoms with Crippen molar-refractivity contribution in [1.82, 2.24) is 0 Å². The standard InChI is InChI=1S/C22H25NO5/c1-2-5-16(6-3-9-21(25)18-7-4-8-20(24)15-18)14-22(26)17-10-12-19(13-11-17)23(27)28/h3-4,7-8,10-13,15,21-22,24-26H,2,5,9,14H2,1H3/t6?,21-,22-/m1/s1. The van der Waals surface area contributed by atoms with E-state index in [1.807, 2.05) is 6.92 Å². The van der Waals surface area contributed by atoms with Crippen LogP contribution in [0.15, 0.2) is 65.9 Å². The Labute approximate surface area is 164 Å². The van der Waals surface area contributed by atoms with Gasteiger partial charge in [0.05, 0.1) is 17.1 Å². The third-order valence-corrected chi connectivity index (χ3v) is 4.38. The summed E-state index contributed by atoms with van der Waals surface area (Å²) in [5.74, 6) is 0.106. The van der Waals surface area contributed by atoms with Gasteiger partial charge in [0.1, 0.15) is 5.75 Å². The molecule has 0 unspecified atom stereocenters. The molecule has 0 aliphatic heterocycles. The minimum absolute atomic E-state index is 0.0129. The summed E-state index contributed by atoms with van der Waals surface area (Å²) in [6.45, 7) is 2.03. The fraction of sp³-hybridized carbons (Fsp3) is 0.318. The number of aliphatic hydroxyl groups is 2. The highest BCUT2D eigenvalue weighted by Gasteiger charge is 2.12. The number of nitrogens with zero attached hydrogens (tertiary/aromatic N) is 1. The van der Waals surface area contributed by atoms with Crippen molar-refractivity contribution in [1.29, 1.82) is 0 Å². The third-order valence-electron chi connectivity index (χ3n) is 4.38. The zero-order chi connectivity index (χ0) is 20.5. The van der Waals surface area contributed by atoms with Crippen molar-refractivity contribution in [3.05, 3.63) is 87.2 Å². The molecule has 0 heterocycles. The van der Waals surface area contributed by atoms with Crippen molar-refractivity contribution in [2.75, 3.05) is 0 Å². The van der Waals surface area contributed by atoms with Crippen LogP contribution in [0.2, 0.25) is 0 Å². The fourth-order valence-electron chi connectivity index (χ4n) is 2.89. The molecular weight excluding hydrogens is 358 g/mol. The van der Waals surface area contributed by atoms with E-state index in [4.69, 9.17) is 0 Å². The topological polar surface area (TPSA) is 104 Å². The Morgan fingerprint density at radius 1 is 1.14 bits per heavy atom. The summed E-state index contributed by atoms with van der Waals surface area (Å²) < 4.78 is 0. The van der Waals surface area contributed by atoms with Gasteiger partial charge in [0.15, 0.2) is 0 Å². The molecule has 2 aromatic carbocycles. The maximum atomic E-state index is 10.7. The molecule has 0 aliphatic rings. The summed E-state index contributed by atoms with van der Waals surface area (Å²) in [6.07, 6.45) is 2.55. The van der Waals surface area contributed by atoms with Crippen molar-refractivity contribution in [3.8, 4) is 5.75 Å². The van der Waals surface area contributed by atoms with E-state index >= 15 is 0 Å². The van der Waals surface area contributed by atoms with Crippen LogP contribution in [-0.4, -0.2) is 20.2 Å². The van der Waals surface area contributed by atoms with E-state index < -0.39 is 17.1 Å². The predicted molar refractivity (Wildman–Crippen MR) is 107 cm³/mol. The average Bonchev–Trinajstić information content (AvgIpc) is 2.68. The number of hydrogen-bond donors (Lipinski definition) is 3. The average molecular weight is 383 g/mol. The SMILES string of the molecule is CCCC(=C=CC[C@@H](O)c1cccc(O)c1)C[C@@H](O)c1ccc([N+](=O)[O-])cc1. The van der Waals surface area contributed by atoms with Gasteiger partial charge >= 0.3 is 0 Å². The molecule has 0 radical (unpaired) electrons. The molecule has 2 rings (SSSR count). The molecule has 2 aromatic rings. The molecular formula is C22H25NO5. The molecule has 0 fully saturated rings. The minimum atomic E-state index is -0.778. The van der Waals surface area contributed by atoms with Crippen molar-refractivity contribution >= 4 is 5.69 Å². The summed E-state index contributed by atoms with van der Waals surface area (Å²) in [6, 6.07) is 12.4. The van der Waals surface area contributed by atoms with E-state index in [0.29, 0.717) is 24.0 Å². The molecule has 0 bridgehead atoms. The molecule has 0 saturated carbocycles. The molecule has 6 heteroatoms. The van der Waals surface area contributed by atoms with Gasteiger partial charge < -0.3 is 15.3 Å². The lowest BCUT2D eigenvalue weighted by atomic mass is 9.98. The number of rotatable bonds is 9. The molecule has 148 valence electrons. The Morgan fingerprint density at radius 3 is 2.46 bits per heavy atom. The Balaban J connectivity index is 2.06. The van der Waals surface area contributed by atoms with E-state index in [-0.39, 0.29) is 11.4 Å². The summed E-state index contributed by atoms with van der Waals surface area (Å²) in [7, 11) is 0. The Morgan fingerprint density at radius 2 is 1.86 bits per heavy atom. The quantitative estimate of drug-likeness (QED) is 0.330. The van der Waals surface area contributed by atoms with Gasteiger partial charge in [0, 0.05) is 25.0 Å². The van der Waals surface area contributed by atoms with Crippen LogP contribution in [0, 0.1) is 10.1 Å². The number of hydrogen-bond acceptors (Lipinski definition) is 5. The van der Waals surface area contributed by atoms with Crippen LogP contribution in [0.3, 0.4) is 0 Å². The summed E-state index contributed by atoms with van der Waals surface area (Å²) >= 11 is 0. The lowest BCUT2D eigenvalue weighted by Gasteiger charge is -2.12. The molecule has 0 aliphatic carbocycles. The first-order valence-electron chi connectivity index (χ1n) is 9.23. The van der Waals surface area contributed by atoms with E-state index in [2.05, 4.69) is 5.73 Å². The first-order chi connectivity index (χ1) is 13.4. The normalized spacial score (nSPS) is 12.7. The molecule has 28 heavy (non-hydrogen) atoms. The number of phenols is 1. The highest BCUT2D eigenvalue weighted by atomic mass is 16.6. The fourth-order valence-corrected chi connectivity index (χ4v) is 2.89. The second-order valence-corrected chi connectivity index (χ2v) is 6.62. The van der Waals surface area contributed by atoms with Gasteiger partial charge in [0.25, 0.3) is 5.69 Å². The van der Waals surface area contributed by atoms with Crippen LogP contribution >= 0.6 is 0 Å². The van der Waals surface area contributed by atoms with Gasteiger partial charge in [-0.1, -0.05) is 25.5 Å². The second-order valence-electron chi connectivity index (χ2n) is 6.62. The van der Waals surface area contributed by atoms with E-state index in [9.17, 15) is 25.4 Å². The lowest BCUT2D eigenvalue weighted by molar-refractivity contribution is -0.384. The number of aromatic hydroxyl groups is 1. The monoisotopic (exact) mass is 383 g/mol. The molecule has 0 aromatic heterocycles. The Hall–Kier alpha value is -2.92. The maximum absolute atomic E-state index is 10.7. The van der Waals surface area contributed by atoms with Crippen LogP contribution in [0.1, 0.15) is 55.9 Å². The highest BCUT2D eigenvalue weighted by Crippen LogP contribution is 2.25. The molecule has 2 atom stereocenters. The third kappa shape index (κ3) is 6.35. The first kappa shape index (κ1) is 21.4. The number of nitro benzene ring substituents is 1. The van der Waals surface area contributed by atoms with Gasteiger partial charge in [-0.05, 0) is 53.5 Å². The van der Waals surface area contributed by atoms with Crippen molar-refractivity contribution < 1.29 is 20.2 Å². The second kappa shape index (κ2) is 10.4. The number of nitro groups is 1. The number of aliphatic hydroxyl groups excluding tert-OH is 2. The highest BCUT2D eigenvalue weighted by molar-refractivity contribution is 5.34. The smallest absolute Gasteiger partial charge is 0.269 e. The zero-order valence-corrected chi connectivity index (χ0v) is 15.8. The number of phenolic OH excluding ortho intramolecular Hbond substituents is 1. The predicted octanol–water partition coefficient (Wildman–Crippen LogP) is 4.73. The van der Waals surface area contributed by atoms with Crippen LogP contribution in [0.5, 0.6) is 5.75 Å². The lowest BCUT2D eigenvalue weighted by Crippen LogP contribution is -2.00. The molecule has 6 nitrogen and oxygen atoms in total. The van der Waals surface area contributed by atoms with E-state index in [1.54, 1.807) is 36.4 Å². The molecule has 0 amide bonds. The number of benzene rings is 2. The molecule has 0 spiro atoms. The van der Waals surface area contributed by atoms with Crippen molar-refractivity contribution in [2.24, 2.45) is 0 Å².